The fraction of sp³-hybridized carbons (Fsp3) is 0.353. The molecule has 22 heavy (non-hydrogen) atoms. The molecule has 2 heterocycles. The largest absolute Gasteiger partial charge is 0.496 e. The standard InChI is InChI=1S/C17H21N3O.ClH/c1-21-17-7-3-2-5-15(17)13-20-10-9-19-12-16(20)14-6-4-8-18-11-14;/h2-8,11,16,19H,9-10,12-13H2,1H3;1H. The van der Waals surface area contributed by atoms with Crippen molar-refractivity contribution >= 4 is 12.4 Å². The van der Waals surface area contributed by atoms with Gasteiger partial charge in [0.2, 0.25) is 0 Å². The molecular weight excluding hydrogens is 298 g/mol. The molecule has 118 valence electrons. The minimum absolute atomic E-state index is 0. The number of benzene rings is 1. The summed E-state index contributed by atoms with van der Waals surface area (Å²) in [5.74, 6) is 0.959. The van der Waals surface area contributed by atoms with Gasteiger partial charge in [-0.25, -0.2) is 0 Å². The van der Waals surface area contributed by atoms with Crippen LogP contribution in [0.3, 0.4) is 0 Å². The van der Waals surface area contributed by atoms with Crippen molar-refractivity contribution in [1.82, 2.24) is 15.2 Å². The Hall–Kier alpha value is -1.62. The smallest absolute Gasteiger partial charge is 0.123 e. The maximum Gasteiger partial charge on any atom is 0.123 e. The van der Waals surface area contributed by atoms with Crippen LogP contribution in [-0.2, 0) is 6.54 Å². The van der Waals surface area contributed by atoms with E-state index in [1.165, 1.54) is 11.1 Å². The Balaban J connectivity index is 0.00000176. The van der Waals surface area contributed by atoms with Crippen molar-refractivity contribution in [3.8, 4) is 5.75 Å². The molecule has 1 atom stereocenters. The van der Waals surface area contributed by atoms with Gasteiger partial charge in [-0.1, -0.05) is 24.3 Å². The number of pyridine rings is 1. The Labute approximate surface area is 137 Å². The van der Waals surface area contributed by atoms with Crippen LogP contribution in [0.15, 0.2) is 48.8 Å². The molecule has 0 spiro atoms. The van der Waals surface area contributed by atoms with Crippen LogP contribution < -0.4 is 10.1 Å². The van der Waals surface area contributed by atoms with Crippen molar-refractivity contribution < 1.29 is 4.74 Å². The summed E-state index contributed by atoms with van der Waals surface area (Å²) in [7, 11) is 1.73. The summed E-state index contributed by atoms with van der Waals surface area (Å²) in [4.78, 5) is 6.75. The highest BCUT2D eigenvalue weighted by Gasteiger charge is 2.24. The van der Waals surface area contributed by atoms with Gasteiger partial charge in [0.25, 0.3) is 0 Å². The van der Waals surface area contributed by atoms with Gasteiger partial charge >= 0.3 is 0 Å². The summed E-state index contributed by atoms with van der Waals surface area (Å²) in [6.45, 7) is 3.90. The van der Waals surface area contributed by atoms with Gasteiger partial charge in [0.1, 0.15) is 5.75 Å². The lowest BCUT2D eigenvalue weighted by molar-refractivity contribution is 0.152. The van der Waals surface area contributed by atoms with E-state index in [1.807, 2.05) is 30.6 Å². The summed E-state index contributed by atoms with van der Waals surface area (Å²) in [5, 5.41) is 3.48. The molecule has 1 aromatic heterocycles. The summed E-state index contributed by atoms with van der Waals surface area (Å²) in [6, 6.07) is 12.8. The number of nitrogens with zero attached hydrogens (tertiary/aromatic N) is 2. The lowest BCUT2D eigenvalue weighted by Crippen LogP contribution is -2.45. The van der Waals surface area contributed by atoms with Crippen molar-refractivity contribution in [3.63, 3.8) is 0 Å². The van der Waals surface area contributed by atoms with Gasteiger partial charge in [0.05, 0.1) is 7.11 Å². The number of rotatable bonds is 4. The Bertz CT molecular complexity index is 579. The van der Waals surface area contributed by atoms with Crippen molar-refractivity contribution in [3.05, 3.63) is 59.9 Å². The molecule has 1 fully saturated rings. The third-order valence-electron chi connectivity index (χ3n) is 3.99. The van der Waals surface area contributed by atoms with E-state index < -0.39 is 0 Å². The van der Waals surface area contributed by atoms with E-state index >= 15 is 0 Å². The van der Waals surface area contributed by atoms with Crippen LogP contribution in [0.2, 0.25) is 0 Å². The maximum atomic E-state index is 5.47. The molecule has 1 N–H and O–H groups in total. The average Bonchev–Trinajstić information content (AvgIpc) is 2.57. The molecule has 0 bridgehead atoms. The predicted octanol–water partition coefficient (Wildman–Crippen LogP) is 2.66. The van der Waals surface area contributed by atoms with Gasteiger partial charge in [0, 0.05) is 50.2 Å². The van der Waals surface area contributed by atoms with Gasteiger partial charge in [-0.3, -0.25) is 9.88 Å². The number of hydrogen-bond donors (Lipinski definition) is 1. The molecule has 3 rings (SSSR count). The summed E-state index contributed by atoms with van der Waals surface area (Å²) < 4.78 is 5.47. The number of halogens is 1. The van der Waals surface area contributed by atoms with E-state index in [2.05, 4.69) is 33.4 Å². The molecule has 1 unspecified atom stereocenters. The van der Waals surface area contributed by atoms with Crippen molar-refractivity contribution in [2.24, 2.45) is 0 Å². The van der Waals surface area contributed by atoms with E-state index in [0.29, 0.717) is 6.04 Å². The zero-order valence-corrected chi connectivity index (χ0v) is 13.6. The molecule has 1 aliphatic rings. The Morgan fingerprint density at radius 2 is 2.14 bits per heavy atom. The quantitative estimate of drug-likeness (QED) is 0.940. The predicted molar refractivity (Wildman–Crippen MR) is 90.5 cm³/mol. The van der Waals surface area contributed by atoms with E-state index in [4.69, 9.17) is 4.74 Å². The lowest BCUT2D eigenvalue weighted by atomic mass is 10.0. The van der Waals surface area contributed by atoms with Crippen molar-refractivity contribution in [2.45, 2.75) is 12.6 Å². The minimum atomic E-state index is 0. The second kappa shape index (κ2) is 8.13. The fourth-order valence-corrected chi connectivity index (χ4v) is 2.89. The summed E-state index contributed by atoms with van der Waals surface area (Å²) >= 11 is 0. The Kier molecular flexibility index (Phi) is 6.19. The molecule has 1 aliphatic heterocycles. The maximum absolute atomic E-state index is 5.47. The molecule has 0 amide bonds. The molecule has 1 saturated heterocycles. The molecule has 2 aromatic rings. The topological polar surface area (TPSA) is 37.4 Å². The highest BCUT2D eigenvalue weighted by Crippen LogP contribution is 2.26. The molecule has 4 nitrogen and oxygen atoms in total. The van der Waals surface area contributed by atoms with E-state index in [9.17, 15) is 0 Å². The number of nitrogens with one attached hydrogen (secondary N) is 1. The number of para-hydroxylation sites is 1. The summed E-state index contributed by atoms with van der Waals surface area (Å²) in [5.41, 5.74) is 2.50. The fourth-order valence-electron chi connectivity index (χ4n) is 2.89. The second-order valence-electron chi connectivity index (χ2n) is 5.29. The zero-order chi connectivity index (χ0) is 14.5. The Morgan fingerprint density at radius 1 is 1.27 bits per heavy atom. The van der Waals surface area contributed by atoms with Crippen LogP contribution in [0, 0.1) is 0 Å². The molecule has 0 saturated carbocycles. The van der Waals surface area contributed by atoms with Crippen LogP contribution in [-0.4, -0.2) is 36.6 Å². The average molecular weight is 320 g/mol. The molecule has 0 radical (unpaired) electrons. The number of methoxy groups -OCH3 is 1. The first-order chi connectivity index (χ1) is 10.4. The van der Waals surface area contributed by atoms with Crippen molar-refractivity contribution in [1.29, 1.82) is 0 Å². The summed E-state index contributed by atoms with van der Waals surface area (Å²) in [6.07, 6.45) is 3.79. The first-order valence-electron chi connectivity index (χ1n) is 7.35. The highest BCUT2D eigenvalue weighted by atomic mass is 35.5. The monoisotopic (exact) mass is 319 g/mol. The molecule has 5 heteroatoms. The van der Waals surface area contributed by atoms with E-state index in [1.54, 1.807) is 7.11 Å². The number of hydrogen-bond acceptors (Lipinski definition) is 4. The zero-order valence-electron chi connectivity index (χ0n) is 12.7. The van der Waals surface area contributed by atoms with Crippen LogP contribution in [0.4, 0.5) is 0 Å². The number of ether oxygens (including phenoxy) is 1. The van der Waals surface area contributed by atoms with E-state index in [-0.39, 0.29) is 12.4 Å². The van der Waals surface area contributed by atoms with Gasteiger partial charge in [-0.05, 0) is 17.7 Å². The van der Waals surface area contributed by atoms with Gasteiger partial charge in [0.15, 0.2) is 0 Å². The first kappa shape index (κ1) is 16.7. The van der Waals surface area contributed by atoms with Crippen LogP contribution in [0.25, 0.3) is 0 Å². The second-order valence-corrected chi connectivity index (χ2v) is 5.29. The number of aromatic nitrogens is 1. The van der Waals surface area contributed by atoms with Crippen LogP contribution in [0.1, 0.15) is 17.2 Å². The van der Waals surface area contributed by atoms with E-state index in [0.717, 1.165) is 31.9 Å². The third-order valence-corrected chi connectivity index (χ3v) is 3.99. The van der Waals surface area contributed by atoms with Crippen LogP contribution in [0.5, 0.6) is 5.75 Å². The molecular formula is C17H22ClN3O. The van der Waals surface area contributed by atoms with Crippen LogP contribution >= 0.6 is 12.4 Å². The lowest BCUT2D eigenvalue weighted by Gasteiger charge is -2.36. The number of piperazine rings is 1. The van der Waals surface area contributed by atoms with Crippen molar-refractivity contribution in [2.75, 3.05) is 26.7 Å². The first-order valence-corrected chi connectivity index (χ1v) is 7.35. The SMILES string of the molecule is COc1ccccc1CN1CCNCC1c1cccnc1.Cl. The molecule has 0 aliphatic carbocycles. The molecule has 1 aromatic carbocycles. The third kappa shape index (κ3) is 3.77. The highest BCUT2D eigenvalue weighted by molar-refractivity contribution is 5.85. The van der Waals surface area contributed by atoms with Gasteiger partial charge < -0.3 is 10.1 Å². The normalized spacial score (nSPS) is 18.5. The minimum Gasteiger partial charge on any atom is -0.496 e. The Morgan fingerprint density at radius 3 is 2.91 bits per heavy atom. The van der Waals surface area contributed by atoms with Gasteiger partial charge in [-0.2, -0.15) is 0 Å². The van der Waals surface area contributed by atoms with Gasteiger partial charge in [-0.15, -0.1) is 12.4 Å².